The average Bonchev–Trinajstić information content (AvgIpc) is 2.44. The molecule has 0 aliphatic carbocycles. The van der Waals surface area contributed by atoms with E-state index in [1.54, 1.807) is 0 Å². The molecule has 1 aromatic rings. The van der Waals surface area contributed by atoms with Crippen LogP contribution in [0.5, 0.6) is 0 Å². The molecule has 7 heteroatoms. The number of halogens is 1. The van der Waals surface area contributed by atoms with E-state index in [1.807, 2.05) is 38.1 Å². The Bertz CT molecular complexity index is 494. The molecule has 0 unspecified atom stereocenters. The van der Waals surface area contributed by atoms with Crippen molar-refractivity contribution in [1.82, 2.24) is 16.2 Å². The number of alkyl carbamates (subject to hydrolysis) is 1. The van der Waals surface area contributed by atoms with Crippen LogP contribution in [-0.2, 0) is 16.1 Å². The molecule has 2 amide bonds. The summed E-state index contributed by atoms with van der Waals surface area (Å²) in [6, 6.07) is 7.07. The molecule has 0 saturated carbocycles. The van der Waals surface area contributed by atoms with Crippen molar-refractivity contribution in [2.75, 3.05) is 7.11 Å². The molecular weight excluding hydrogens is 338 g/mol. The van der Waals surface area contributed by atoms with E-state index in [0.717, 1.165) is 10.0 Å². The van der Waals surface area contributed by atoms with E-state index in [1.165, 1.54) is 7.11 Å². The lowest BCUT2D eigenvalue weighted by Crippen LogP contribution is -2.53. The number of hydrogen-bond acceptors (Lipinski definition) is 4. The first kappa shape index (κ1) is 17.5. The molecule has 0 aliphatic heterocycles. The molecule has 0 fully saturated rings. The lowest BCUT2D eigenvalue weighted by Gasteiger charge is -2.21. The van der Waals surface area contributed by atoms with Gasteiger partial charge in [0.1, 0.15) is 6.04 Å². The topological polar surface area (TPSA) is 79.5 Å². The highest BCUT2D eigenvalue weighted by Gasteiger charge is 2.24. The van der Waals surface area contributed by atoms with Gasteiger partial charge in [0.05, 0.1) is 7.11 Å². The lowest BCUT2D eigenvalue weighted by atomic mass is 10.0. The number of hydrogen-bond donors (Lipinski definition) is 3. The van der Waals surface area contributed by atoms with E-state index in [4.69, 9.17) is 0 Å². The first-order chi connectivity index (χ1) is 9.93. The third-order valence-corrected chi connectivity index (χ3v) is 3.29. The molecule has 0 aromatic heterocycles. The van der Waals surface area contributed by atoms with E-state index in [-0.39, 0.29) is 11.8 Å². The fourth-order valence-electron chi connectivity index (χ4n) is 1.68. The fraction of sp³-hybridized carbons (Fsp3) is 0.429. The van der Waals surface area contributed by atoms with Crippen LogP contribution in [0.2, 0.25) is 0 Å². The van der Waals surface area contributed by atoms with Crippen LogP contribution in [0.3, 0.4) is 0 Å². The van der Waals surface area contributed by atoms with E-state index in [9.17, 15) is 9.59 Å². The number of amides is 2. The second kappa shape index (κ2) is 8.63. The molecule has 0 heterocycles. The SMILES string of the molecule is COC(=O)N[C@H](C(=O)NNCc1cccc(Br)c1)C(C)C. The van der Waals surface area contributed by atoms with E-state index in [2.05, 4.69) is 36.8 Å². The molecular formula is C14H20BrN3O3. The Morgan fingerprint density at radius 3 is 2.62 bits per heavy atom. The van der Waals surface area contributed by atoms with Crippen molar-refractivity contribution in [3.63, 3.8) is 0 Å². The van der Waals surface area contributed by atoms with E-state index < -0.39 is 12.1 Å². The molecule has 0 radical (unpaired) electrons. The Morgan fingerprint density at radius 1 is 1.33 bits per heavy atom. The second-order valence-electron chi connectivity index (χ2n) is 4.83. The monoisotopic (exact) mass is 357 g/mol. The van der Waals surface area contributed by atoms with Crippen LogP contribution in [0, 0.1) is 5.92 Å². The molecule has 0 saturated heterocycles. The summed E-state index contributed by atoms with van der Waals surface area (Å²) in [5.41, 5.74) is 6.45. The van der Waals surface area contributed by atoms with Crippen LogP contribution in [0.25, 0.3) is 0 Å². The molecule has 1 aromatic carbocycles. The third-order valence-electron chi connectivity index (χ3n) is 2.80. The Hall–Kier alpha value is -1.60. The van der Waals surface area contributed by atoms with Crippen molar-refractivity contribution in [1.29, 1.82) is 0 Å². The van der Waals surface area contributed by atoms with Gasteiger partial charge in [-0.25, -0.2) is 10.2 Å². The van der Waals surface area contributed by atoms with Gasteiger partial charge >= 0.3 is 6.09 Å². The highest BCUT2D eigenvalue weighted by Crippen LogP contribution is 2.11. The van der Waals surface area contributed by atoms with Crippen molar-refractivity contribution in [2.24, 2.45) is 5.92 Å². The summed E-state index contributed by atoms with van der Waals surface area (Å²) < 4.78 is 5.49. The van der Waals surface area contributed by atoms with Crippen molar-refractivity contribution in [3.8, 4) is 0 Å². The molecule has 21 heavy (non-hydrogen) atoms. The standard InChI is InChI=1S/C14H20BrN3O3/c1-9(2)12(17-14(20)21-3)13(19)18-16-8-10-5-4-6-11(15)7-10/h4-7,9,12,16H,8H2,1-3H3,(H,17,20)(H,18,19)/t12-/m0/s1. The number of rotatable bonds is 6. The Balaban J connectivity index is 2.48. The Kier molecular flexibility index (Phi) is 7.18. The van der Waals surface area contributed by atoms with E-state index >= 15 is 0 Å². The number of carbonyl (C=O) groups excluding carboxylic acids is 2. The minimum atomic E-state index is -0.660. The molecule has 1 atom stereocenters. The summed E-state index contributed by atoms with van der Waals surface area (Å²) >= 11 is 3.38. The van der Waals surface area contributed by atoms with Crippen LogP contribution in [0.15, 0.2) is 28.7 Å². The first-order valence-corrected chi connectivity index (χ1v) is 7.35. The van der Waals surface area contributed by atoms with Crippen molar-refractivity contribution >= 4 is 27.9 Å². The van der Waals surface area contributed by atoms with Crippen LogP contribution >= 0.6 is 15.9 Å². The number of carbonyl (C=O) groups is 2. The minimum absolute atomic E-state index is 0.0585. The van der Waals surface area contributed by atoms with Gasteiger partial charge in [-0.1, -0.05) is 41.9 Å². The average molecular weight is 358 g/mol. The highest BCUT2D eigenvalue weighted by molar-refractivity contribution is 9.10. The quantitative estimate of drug-likeness (QED) is 0.679. The van der Waals surface area contributed by atoms with Crippen molar-refractivity contribution in [2.45, 2.75) is 26.4 Å². The summed E-state index contributed by atoms with van der Waals surface area (Å²) in [6.07, 6.45) is -0.629. The number of methoxy groups -OCH3 is 1. The Morgan fingerprint density at radius 2 is 2.05 bits per heavy atom. The van der Waals surface area contributed by atoms with Crippen LogP contribution in [0.1, 0.15) is 19.4 Å². The number of hydrazine groups is 1. The fourth-order valence-corrected chi connectivity index (χ4v) is 2.13. The smallest absolute Gasteiger partial charge is 0.407 e. The summed E-state index contributed by atoms with van der Waals surface area (Å²) in [6.45, 7) is 4.16. The normalized spacial score (nSPS) is 11.9. The molecule has 116 valence electrons. The minimum Gasteiger partial charge on any atom is -0.453 e. The summed E-state index contributed by atoms with van der Waals surface area (Å²) in [4.78, 5) is 23.3. The number of nitrogens with one attached hydrogen (secondary N) is 3. The van der Waals surface area contributed by atoms with Gasteiger partial charge in [0, 0.05) is 11.0 Å². The molecule has 0 spiro atoms. The van der Waals surface area contributed by atoms with Gasteiger partial charge in [0.2, 0.25) is 0 Å². The number of ether oxygens (including phenoxy) is 1. The predicted octanol–water partition coefficient (Wildman–Crippen LogP) is 1.95. The maximum absolute atomic E-state index is 12.0. The van der Waals surface area contributed by atoms with Gasteiger partial charge in [-0.2, -0.15) is 0 Å². The van der Waals surface area contributed by atoms with Gasteiger partial charge < -0.3 is 10.1 Å². The zero-order valence-corrected chi connectivity index (χ0v) is 13.9. The van der Waals surface area contributed by atoms with Gasteiger partial charge in [0.15, 0.2) is 0 Å². The van der Waals surface area contributed by atoms with Gasteiger partial charge in [-0.15, -0.1) is 0 Å². The lowest BCUT2D eigenvalue weighted by molar-refractivity contribution is -0.125. The van der Waals surface area contributed by atoms with Crippen LogP contribution in [0.4, 0.5) is 4.79 Å². The maximum Gasteiger partial charge on any atom is 0.407 e. The summed E-state index contributed by atoms with van der Waals surface area (Å²) in [5, 5.41) is 2.50. The zero-order valence-electron chi connectivity index (χ0n) is 12.3. The maximum atomic E-state index is 12.0. The predicted molar refractivity (Wildman–Crippen MR) is 83.3 cm³/mol. The molecule has 0 aliphatic rings. The van der Waals surface area contributed by atoms with Gasteiger partial charge in [-0.3, -0.25) is 10.2 Å². The largest absolute Gasteiger partial charge is 0.453 e. The second-order valence-corrected chi connectivity index (χ2v) is 5.75. The van der Waals surface area contributed by atoms with Gasteiger partial charge in [-0.05, 0) is 23.6 Å². The highest BCUT2D eigenvalue weighted by atomic mass is 79.9. The van der Waals surface area contributed by atoms with E-state index in [0.29, 0.717) is 6.54 Å². The van der Waals surface area contributed by atoms with Crippen molar-refractivity contribution in [3.05, 3.63) is 34.3 Å². The third kappa shape index (κ3) is 6.14. The molecule has 0 bridgehead atoms. The first-order valence-electron chi connectivity index (χ1n) is 6.55. The Labute approximate surface area is 132 Å². The summed E-state index contributed by atoms with van der Waals surface area (Å²) in [7, 11) is 1.26. The van der Waals surface area contributed by atoms with Gasteiger partial charge in [0.25, 0.3) is 5.91 Å². The van der Waals surface area contributed by atoms with Crippen LogP contribution < -0.4 is 16.2 Å². The summed E-state index contributed by atoms with van der Waals surface area (Å²) in [5.74, 6) is -0.373. The zero-order chi connectivity index (χ0) is 15.8. The van der Waals surface area contributed by atoms with Crippen molar-refractivity contribution < 1.29 is 14.3 Å². The number of benzene rings is 1. The molecule has 3 N–H and O–H groups in total. The molecule has 1 rings (SSSR count). The molecule has 6 nitrogen and oxygen atoms in total. The van der Waals surface area contributed by atoms with Crippen LogP contribution in [-0.4, -0.2) is 25.2 Å².